The topological polar surface area (TPSA) is 66.4 Å². The van der Waals surface area contributed by atoms with Crippen LogP contribution in [0.25, 0.3) is 10.8 Å². The van der Waals surface area contributed by atoms with E-state index in [2.05, 4.69) is 21.2 Å². The molecule has 110 valence electrons. The van der Waals surface area contributed by atoms with E-state index in [1.807, 2.05) is 31.2 Å². The van der Waals surface area contributed by atoms with Crippen molar-refractivity contribution in [1.82, 2.24) is 5.32 Å². The Morgan fingerprint density at radius 2 is 1.86 bits per heavy atom. The molecular weight excluding hydrogens is 334 g/mol. The summed E-state index contributed by atoms with van der Waals surface area (Å²) < 4.78 is 0.973. The molecule has 0 bridgehead atoms. The van der Waals surface area contributed by atoms with Crippen molar-refractivity contribution >= 4 is 38.6 Å². The number of fused-ring (bicyclic) bond motifs is 1. The van der Waals surface area contributed by atoms with Crippen molar-refractivity contribution in [1.29, 1.82) is 0 Å². The molecule has 0 saturated heterocycles. The van der Waals surface area contributed by atoms with E-state index in [9.17, 15) is 9.59 Å². The van der Waals surface area contributed by atoms with Crippen molar-refractivity contribution in [3.63, 3.8) is 0 Å². The lowest BCUT2D eigenvalue weighted by Gasteiger charge is -2.13. The Morgan fingerprint density at radius 1 is 1.19 bits per heavy atom. The maximum absolute atomic E-state index is 12.2. The van der Waals surface area contributed by atoms with Crippen LogP contribution in [0.5, 0.6) is 0 Å². The van der Waals surface area contributed by atoms with Gasteiger partial charge in [-0.1, -0.05) is 41.4 Å². The van der Waals surface area contributed by atoms with Crippen molar-refractivity contribution in [2.45, 2.75) is 25.8 Å². The molecule has 2 aromatic carbocycles. The maximum atomic E-state index is 12.2. The molecule has 0 unspecified atom stereocenters. The second-order valence-corrected chi connectivity index (χ2v) is 5.77. The Labute approximate surface area is 131 Å². The van der Waals surface area contributed by atoms with Gasteiger partial charge in [0.15, 0.2) is 0 Å². The number of nitrogens with one attached hydrogen (secondary N) is 1. The molecule has 1 atom stereocenters. The third-order valence-corrected chi connectivity index (χ3v) is 3.74. The first-order chi connectivity index (χ1) is 10.0. The Kier molecular flexibility index (Phi) is 4.96. The number of halogens is 1. The van der Waals surface area contributed by atoms with E-state index in [0.29, 0.717) is 18.4 Å². The molecule has 0 spiro atoms. The molecule has 5 heteroatoms. The van der Waals surface area contributed by atoms with Gasteiger partial charge in [0.1, 0.15) is 6.04 Å². The van der Waals surface area contributed by atoms with Crippen LogP contribution in [0, 0.1) is 0 Å². The molecule has 2 N–H and O–H groups in total. The average molecular weight is 350 g/mol. The number of hydrogen-bond acceptors (Lipinski definition) is 2. The number of hydrogen-bond donors (Lipinski definition) is 2. The number of carbonyl (C=O) groups is 2. The zero-order valence-electron chi connectivity index (χ0n) is 11.6. The third-order valence-electron chi connectivity index (χ3n) is 3.25. The van der Waals surface area contributed by atoms with E-state index in [1.54, 1.807) is 12.1 Å². The molecular formula is C16H16BrNO3. The Morgan fingerprint density at radius 3 is 2.52 bits per heavy atom. The molecule has 2 aromatic rings. The molecule has 0 aromatic heterocycles. The predicted octanol–water partition coefficient (Wildman–Crippen LogP) is 3.59. The van der Waals surface area contributed by atoms with Gasteiger partial charge in [-0.2, -0.15) is 0 Å². The van der Waals surface area contributed by atoms with E-state index >= 15 is 0 Å². The largest absolute Gasteiger partial charge is 0.480 e. The van der Waals surface area contributed by atoms with E-state index in [0.717, 1.165) is 15.2 Å². The number of carboxylic acid groups (broad SMARTS) is 1. The first-order valence-electron chi connectivity index (χ1n) is 6.74. The minimum atomic E-state index is -1.00. The van der Waals surface area contributed by atoms with E-state index in [-0.39, 0.29) is 5.91 Å². The summed E-state index contributed by atoms with van der Waals surface area (Å²) in [7, 11) is 0. The number of benzene rings is 2. The fourth-order valence-electron chi connectivity index (χ4n) is 2.15. The van der Waals surface area contributed by atoms with Crippen LogP contribution in [0.2, 0.25) is 0 Å². The third kappa shape index (κ3) is 3.82. The zero-order chi connectivity index (χ0) is 15.4. The van der Waals surface area contributed by atoms with Crippen LogP contribution < -0.4 is 5.32 Å². The molecule has 0 fully saturated rings. The van der Waals surface area contributed by atoms with Gasteiger partial charge in [-0.3, -0.25) is 4.79 Å². The highest BCUT2D eigenvalue weighted by molar-refractivity contribution is 9.10. The number of carbonyl (C=O) groups excluding carboxylic acids is 1. The molecule has 0 aliphatic rings. The Bertz CT molecular complexity index is 684. The van der Waals surface area contributed by atoms with Crippen LogP contribution in [0.15, 0.2) is 40.9 Å². The van der Waals surface area contributed by atoms with Crippen molar-refractivity contribution in [2.24, 2.45) is 0 Å². The van der Waals surface area contributed by atoms with Gasteiger partial charge in [0.05, 0.1) is 0 Å². The summed E-state index contributed by atoms with van der Waals surface area (Å²) in [5.41, 5.74) is 0.465. The molecule has 0 aliphatic carbocycles. The lowest BCUT2D eigenvalue weighted by atomic mass is 10.1. The van der Waals surface area contributed by atoms with Gasteiger partial charge in [-0.25, -0.2) is 4.79 Å². The van der Waals surface area contributed by atoms with Crippen LogP contribution in [-0.2, 0) is 4.79 Å². The van der Waals surface area contributed by atoms with Gasteiger partial charge < -0.3 is 10.4 Å². The van der Waals surface area contributed by atoms with Crippen LogP contribution >= 0.6 is 15.9 Å². The lowest BCUT2D eigenvalue weighted by molar-refractivity contribution is -0.139. The Balaban J connectivity index is 2.22. The molecule has 0 aliphatic heterocycles. The van der Waals surface area contributed by atoms with Gasteiger partial charge in [-0.15, -0.1) is 0 Å². The van der Waals surface area contributed by atoms with Gasteiger partial charge >= 0.3 is 5.97 Å². The molecule has 1 amide bonds. The van der Waals surface area contributed by atoms with E-state index in [4.69, 9.17) is 5.11 Å². The quantitative estimate of drug-likeness (QED) is 0.866. The first-order valence-corrected chi connectivity index (χ1v) is 7.53. The van der Waals surface area contributed by atoms with Crippen molar-refractivity contribution < 1.29 is 14.7 Å². The fourth-order valence-corrected chi connectivity index (χ4v) is 2.52. The molecule has 21 heavy (non-hydrogen) atoms. The molecule has 0 radical (unpaired) electrons. The second-order valence-electron chi connectivity index (χ2n) is 4.86. The number of carboxylic acids is 1. The van der Waals surface area contributed by atoms with Crippen LogP contribution in [0.4, 0.5) is 0 Å². The molecule has 0 heterocycles. The van der Waals surface area contributed by atoms with E-state index in [1.165, 1.54) is 0 Å². The summed E-state index contributed by atoms with van der Waals surface area (Å²) in [6.07, 6.45) is 1.12. The Hall–Kier alpha value is -1.88. The lowest BCUT2D eigenvalue weighted by Crippen LogP contribution is -2.40. The smallest absolute Gasteiger partial charge is 0.326 e. The minimum absolute atomic E-state index is 0.360. The van der Waals surface area contributed by atoms with Crippen LogP contribution in [0.1, 0.15) is 30.1 Å². The highest BCUT2D eigenvalue weighted by Crippen LogP contribution is 2.21. The maximum Gasteiger partial charge on any atom is 0.326 e. The second kappa shape index (κ2) is 6.72. The number of aliphatic carboxylic acids is 1. The zero-order valence-corrected chi connectivity index (χ0v) is 13.2. The van der Waals surface area contributed by atoms with Gasteiger partial charge in [-0.05, 0) is 41.5 Å². The first kappa shape index (κ1) is 15.5. The van der Waals surface area contributed by atoms with Gasteiger partial charge in [0.2, 0.25) is 0 Å². The van der Waals surface area contributed by atoms with Gasteiger partial charge in [0.25, 0.3) is 5.91 Å². The summed E-state index contributed by atoms with van der Waals surface area (Å²) in [6, 6.07) is 10.3. The minimum Gasteiger partial charge on any atom is -0.480 e. The summed E-state index contributed by atoms with van der Waals surface area (Å²) in [5.74, 6) is -1.37. The summed E-state index contributed by atoms with van der Waals surface area (Å²) >= 11 is 3.40. The van der Waals surface area contributed by atoms with Crippen molar-refractivity contribution in [2.75, 3.05) is 0 Å². The fraction of sp³-hybridized carbons (Fsp3) is 0.250. The van der Waals surface area contributed by atoms with Crippen LogP contribution in [0.3, 0.4) is 0 Å². The predicted molar refractivity (Wildman–Crippen MR) is 85.4 cm³/mol. The number of amides is 1. The van der Waals surface area contributed by atoms with Crippen molar-refractivity contribution in [3.8, 4) is 0 Å². The molecule has 0 saturated carbocycles. The highest BCUT2D eigenvalue weighted by Gasteiger charge is 2.19. The summed E-state index contributed by atoms with van der Waals surface area (Å²) in [4.78, 5) is 23.2. The molecule has 2 rings (SSSR count). The van der Waals surface area contributed by atoms with Gasteiger partial charge in [0, 0.05) is 10.0 Å². The summed E-state index contributed by atoms with van der Waals surface area (Å²) in [5, 5.41) is 13.6. The normalized spacial score (nSPS) is 12.1. The summed E-state index contributed by atoms with van der Waals surface area (Å²) in [6.45, 7) is 1.88. The highest BCUT2D eigenvalue weighted by atomic mass is 79.9. The average Bonchev–Trinajstić information content (AvgIpc) is 2.45. The monoisotopic (exact) mass is 349 g/mol. The van der Waals surface area contributed by atoms with E-state index < -0.39 is 12.0 Å². The van der Waals surface area contributed by atoms with Crippen molar-refractivity contribution in [3.05, 3.63) is 46.4 Å². The molecule has 4 nitrogen and oxygen atoms in total. The SMILES string of the molecule is CCC[C@@H](NC(=O)c1ccc2cc(Br)ccc2c1)C(=O)O. The number of rotatable bonds is 5. The standard InChI is InChI=1S/C16H16BrNO3/c1-2-3-14(16(20)21)18-15(19)12-5-4-11-9-13(17)7-6-10(11)8-12/h4-9,14H,2-3H2,1H3,(H,18,19)(H,20,21)/t14-/m1/s1. The van der Waals surface area contributed by atoms with Crippen LogP contribution in [-0.4, -0.2) is 23.0 Å².